The minimum atomic E-state index is -0.719. The van der Waals surface area contributed by atoms with Crippen LogP contribution in [0.15, 0.2) is 42.5 Å². The van der Waals surface area contributed by atoms with Gasteiger partial charge in [0.25, 0.3) is 0 Å². The average Bonchev–Trinajstić information content (AvgIpc) is 2.41. The number of nitro groups is 1. The fourth-order valence-electron chi connectivity index (χ4n) is 2.19. The van der Waals surface area contributed by atoms with E-state index in [4.69, 9.17) is 0 Å². The summed E-state index contributed by atoms with van der Waals surface area (Å²) in [6, 6.07) is 12.2. The zero-order valence-electron chi connectivity index (χ0n) is 9.70. The summed E-state index contributed by atoms with van der Waals surface area (Å²) in [5.41, 5.74) is -0.500. The number of hydrogen-bond donors (Lipinski definition) is 2. The quantitative estimate of drug-likeness (QED) is 0.302. The highest BCUT2D eigenvalue weighted by Gasteiger charge is 2.20. The third-order valence-electron chi connectivity index (χ3n) is 3.13. The monoisotopic (exact) mass is 255 g/mol. The average molecular weight is 255 g/mol. The fourth-order valence-corrected chi connectivity index (χ4v) is 2.19. The molecule has 0 saturated heterocycles. The molecule has 0 aliphatic heterocycles. The van der Waals surface area contributed by atoms with Crippen molar-refractivity contribution in [2.24, 2.45) is 0 Å². The van der Waals surface area contributed by atoms with E-state index in [-0.39, 0.29) is 0 Å². The van der Waals surface area contributed by atoms with Crippen molar-refractivity contribution in [2.75, 3.05) is 0 Å². The predicted octanol–water partition coefficient (Wildman–Crippen LogP) is 3.31. The van der Waals surface area contributed by atoms with Crippen LogP contribution in [0.1, 0.15) is 0 Å². The molecule has 0 saturated carbocycles. The molecule has 0 bridgehead atoms. The van der Waals surface area contributed by atoms with E-state index in [1.807, 2.05) is 24.3 Å². The van der Waals surface area contributed by atoms with Crippen molar-refractivity contribution in [2.45, 2.75) is 0 Å². The molecule has 19 heavy (non-hydrogen) atoms. The Bertz CT molecular complexity index is 826. The summed E-state index contributed by atoms with van der Waals surface area (Å²) in [7, 11) is 0. The Balaban J connectivity index is 2.47. The molecule has 0 fully saturated rings. The summed E-state index contributed by atoms with van der Waals surface area (Å²) < 4.78 is 0. The highest BCUT2D eigenvalue weighted by Crippen LogP contribution is 2.42. The standard InChI is InChI=1S/C14H9NO4/c16-13-11-6-9-4-2-1-3-8(9)5-10(11)7-12(14(13)17)15(18)19/h1-7,16-17H. The number of phenols is 2. The first kappa shape index (κ1) is 11.3. The topological polar surface area (TPSA) is 83.6 Å². The van der Waals surface area contributed by atoms with Crippen LogP contribution >= 0.6 is 0 Å². The van der Waals surface area contributed by atoms with Crippen LogP contribution in [0.25, 0.3) is 21.5 Å². The molecule has 5 heteroatoms. The molecule has 3 aromatic rings. The molecule has 2 N–H and O–H groups in total. The number of nitrogens with zero attached hydrogens (tertiary/aromatic N) is 1. The SMILES string of the molecule is O=[N+]([O-])c1cc2cc3ccccc3cc2c(O)c1O. The van der Waals surface area contributed by atoms with E-state index >= 15 is 0 Å². The third kappa shape index (κ3) is 1.63. The van der Waals surface area contributed by atoms with E-state index in [2.05, 4.69) is 0 Å². The maximum absolute atomic E-state index is 10.8. The van der Waals surface area contributed by atoms with Crippen LogP contribution < -0.4 is 0 Å². The number of rotatable bonds is 1. The fraction of sp³-hybridized carbons (Fsp3) is 0. The Labute approximate surface area is 107 Å². The molecular formula is C14H9NO4. The first-order valence-electron chi connectivity index (χ1n) is 5.60. The molecule has 0 aliphatic carbocycles. The van der Waals surface area contributed by atoms with Crippen molar-refractivity contribution in [3.8, 4) is 11.5 Å². The summed E-state index contributed by atoms with van der Waals surface area (Å²) >= 11 is 0. The Morgan fingerprint density at radius 1 is 0.895 bits per heavy atom. The lowest BCUT2D eigenvalue weighted by Crippen LogP contribution is -1.89. The maximum Gasteiger partial charge on any atom is 0.315 e. The van der Waals surface area contributed by atoms with Gasteiger partial charge >= 0.3 is 5.69 Å². The summed E-state index contributed by atoms with van der Waals surface area (Å²) in [6.45, 7) is 0. The molecule has 0 heterocycles. The maximum atomic E-state index is 10.8. The molecule has 94 valence electrons. The van der Waals surface area contributed by atoms with Gasteiger partial charge in [-0.25, -0.2) is 0 Å². The lowest BCUT2D eigenvalue weighted by atomic mass is 10.0. The summed E-state index contributed by atoms with van der Waals surface area (Å²) in [6.07, 6.45) is 0. The molecule has 0 unspecified atom stereocenters. The molecule has 5 nitrogen and oxygen atoms in total. The lowest BCUT2D eigenvalue weighted by Gasteiger charge is -2.06. The van der Waals surface area contributed by atoms with Crippen molar-refractivity contribution >= 4 is 27.2 Å². The van der Waals surface area contributed by atoms with E-state index in [0.717, 1.165) is 10.8 Å². The summed E-state index contributed by atoms with van der Waals surface area (Å²) in [5, 5.41) is 33.1. The molecule has 0 spiro atoms. The van der Waals surface area contributed by atoms with Gasteiger partial charge in [0.2, 0.25) is 5.75 Å². The highest BCUT2D eigenvalue weighted by atomic mass is 16.6. The van der Waals surface area contributed by atoms with Crippen molar-refractivity contribution in [3.63, 3.8) is 0 Å². The largest absolute Gasteiger partial charge is 0.504 e. The Kier molecular flexibility index (Phi) is 2.28. The predicted molar refractivity (Wildman–Crippen MR) is 71.4 cm³/mol. The zero-order valence-corrected chi connectivity index (χ0v) is 9.70. The van der Waals surface area contributed by atoms with Gasteiger partial charge in [0.05, 0.1) is 4.92 Å². The van der Waals surface area contributed by atoms with Crippen LogP contribution in [-0.4, -0.2) is 15.1 Å². The molecular weight excluding hydrogens is 246 g/mol. The van der Waals surface area contributed by atoms with E-state index in [0.29, 0.717) is 10.8 Å². The van der Waals surface area contributed by atoms with E-state index < -0.39 is 22.1 Å². The Hall–Kier alpha value is -2.82. The number of nitro benzene ring substituents is 1. The minimum absolute atomic E-state index is 0.391. The molecule has 0 aliphatic rings. The zero-order chi connectivity index (χ0) is 13.6. The van der Waals surface area contributed by atoms with Gasteiger partial charge in [0, 0.05) is 11.5 Å². The van der Waals surface area contributed by atoms with Crippen molar-refractivity contribution in [3.05, 3.63) is 52.6 Å². The number of fused-ring (bicyclic) bond motifs is 2. The van der Waals surface area contributed by atoms with E-state index in [1.165, 1.54) is 6.07 Å². The second kappa shape index (κ2) is 3.84. The van der Waals surface area contributed by atoms with E-state index in [9.17, 15) is 20.3 Å². The number of hydrogen-bond acceptors (Lipinski definition) is 4. The molecule has 0 atom stereocenters. The smallest absolute Gasteiger partial charge is 0.315 e. The molecule has 3 aromatic carbocycles. The van der Waals surface area contributed by atoms with Crippen LogP contribution in [0.4, 0.5) is 5.69 Å². The molecule has 0 radical (unpaired) electrons. The second-order valence-corrected chi connectivity index (χ2v) is 4.27. The van der Waals surface area contributed by atoms with Crippen molar-refractivity contribution in [1.82, 2.24) is 0 Å². The second-order valence-electron chi connectivity index (χ2n) is 4.27. The van der Waals surface area contributed by atoms with Gasteiger partial charge in [-0.3, -0.25) is 10.1 Å². The summed E-state index contributed by atoms with van der Waals surface area (Å²) in [4.78, 5) is 10.1. The summed E-state index contributed by atoms with van der Waals surface area (Å²) in [5.74, 6) is -1.16. The third-order valence-corrected chi connectivity index (χ3v) is 3.13. The van der Waals surface area contributed by atoms with Crippen molar-refractivity contribution < 1.29 is 15.1 Å². The van der Waals surface area contributed by atoms with Gasteiger partial charge in [-0.2, -0.15) is 0 Å². The van der Waals surface area contributed by atoms with Crippen LogP contribution in [0.3, 0.4) is 0 Å². The number of phenolic OH excluding ortho intramolecular Hbond substituents is 2. The van der Waals surface area contributed by atoms with Gasteiger partial charge in [-0.05, 0) is 28.3 Å². The van der Waals surface area contributed by atoms with Crippen LogP contribution in [0.5, 0.6) is 11.5 Å². The molecule has 3 rings (SSSR count). The Morgan fingerprint density at radius 3 is 2.16 bits per heavy atom. The molecule has 0 amide bonds. The van der Waals surface area contributed by atoms with Crippen LogP contribution in [0, 0.1) is 10.1 Å². The number of aromatic hydroxyl groups is 2. The first-order valence-corrected chi connectivity index (χ1v) is 5.60. The molecule has 0 aromatic heterocycles. The minimum Gasteiger partial charge on any atom is -0.504 e. The van der Waals surface area contributed by atoms with Crippen molar-refractivity contribution in [1.29, 1.82) is 0 Å². The van der Waals surface area contributed by atoms with Gasteiger partial charge in [-0.15, -0.1) is 0 Å². The van der Waals surface area contributed by atoms with Crippen LogP contribution in [-0.2, 0) is 0 Å². The highest BCUT2D eigenvalue weighted by molar-refractivity contribution is 6.03. The normalized spacial score (nSPS) is 10.9. The first-order chi connectivity index (χ1) is 9.08. The van der Waals surface area contributed by atoms with Gasteiger partial charge in [0.1, 0.15) is 0 Å². The van der Waals surface area contributed by atoms with Gasteiger partial charge in [0.15, 0.2) is 5.75 Å². The lowest BCUT2D eigenvalue weighted by molar-refractivity contribution is -0.385. The van der Waals surface area contributed by atoms with Crippen LogP contribution in [0.2, 0.25) is 0 Å². The van der Waals surface area contributed by atoms with Gasteiger partial charge in [-0.1, -0.05) is 24.3 Å². The van der Waals surface area contributed by atoms with E-state index in [1.54, 1.807) is 12.1 Å². The number of benzene rings is 3. The Morgan fingerprint density at radius 2 is 1.53 bits per heavy atom. The van der Waals surface area contributed by atoms with Gasteiger partial charge < -0.3 is 10.2 Å².